The molecular formula is C14H24N2OS2. The highest BCUT2D eigenvalue weighted by atomic mass is 32.1. The van der Waals surface area contributed by atoms with Crippen LogP contribution in [0, 0.1) is 0 Å². The van der Waals surface area contributed by atoms with Gasteiger partial charge in [0.25, 0.3) is 0 Å². The van der Waals surface area contributed by atoms with Crippen molar-refractivity contribution < 1.29 is 9.64 Å². The molecule has 19 heavy (non-hydrogen) atoms. The van der Waals surface area contributed by atoms with E-state index < -0.39 is 0 Å². The van der Waals surface area contributed by atoms with Crippen LogP contribution in [-0.4, -0.2) is 31.1 Å². The van der Waals surface area contributed by atoms with E-state index in [4.69, 9.17) is 29.6 Å². The monoisotopic (exact) mass is 300 g/mol. The van der Waals surface area contributed by atoms with Crippen LogP contribution in [0.2, 0.25) is 0 Å². The van der Waals surface area contributed by atoms with Gasteiger partial charge in [0.15, 0.2) is 0 Å². The molecule has 0 aliphatic carbocycles. The van der Waals surface area contributed by atoms with Gasteiger partial charge in [-0.15, -0.1) is 0 Å². The topological polar surface area (TPSA) is 25.7 Å². The Hall–Kier alpha value is -0.910. The van der Waals surface area contributed by atoms with Gasteiger partial charge in [0.1, 0.15) is 5.75 Å². The number of hydrogen-bond acceptors (Lipinski definition) is 3. The molecule has 0 saturated heterocycles. The van der Waals surface area contributed by atoms with E-state index in [0.29, 0.717) is 4.32 Å². The fourth-order valence-electron chi connectivity index (χ4n) is 1.54. The van der Waals surface area contributed by atoms with E-state index >= 15 is 0 Å². The molecule has 108 valence electrons. The van der Waals surface area contributed by atoms with Crippen molar-refractivity contribution in [2.45, 2.75) is 20.8 Å². The van der Waals surface area contributed by atoms with Gasteiger partial charge in [-0.3, -0.25) is 0 Å². The van der Waals surface area contributed by atoms with Gasteiger partial charge >= 0.3 is 0 Å². The lowest BCUT2D eigenvalue weighted by Crippen LogP contribution is -3.11. The summed E-state index contributed by atoms with van der Waals surface area (Å²) in [6, 6.07) is 7.40. The molecule has 0 spiro atoms. The minimum absolute atomic E-state index is 0.347. The normalized spacial score (nSPS) is 9.53. The van der Waals surface area contributed by atoms with Gasteiger partial charge in [-0.1, -0.05) is 4.32 Å². The molecule has 5 heteroatoms. The Morgan fingerprint density at radius 2 is 1.63 bits per heavy atom. The van der Waals surface area contributed by atoms with Crippen LogP contribution in [0.1, 0.15) is 20.8 Å². The van der Waals surface area contributed by atoms with E-state index in [1.165, 1.54) is 19.6 Å². The van der Waals surface area contributed by atoms with Crippen molar-refractivity contribution in [2.24, 2.45) is 0 Å². The number of anilines is 1. The van der Waals surface area contributed by atoms with E-state index in [0.717, 1.165) is 11.4 Å². The third-order valence-electron chi connectivity index (χ3n) is 2.84. The van der Waals surface area contributed by atoms with Crippen molar-refractivity contribution in [1.29, 1.82) is 0 Å². The highest BCUT2D eigenvalue weighted by Crippen LogP contribution is 2.14. The zero-order valence-electron chi connectivity index (χ0n) is 12.2. The molecule has 0 aliphatic heterocycles. The van der Waals surface area contributed by atoms with Gasteiger partial charge < -0.3 is 39.8 Å². The van der Waals surface area contributed by atoms with Crippen LogP contribution in [0.4, 0.5) is 5.69 Å². The number of methoxy groups -OCH3 is 1. The second-order valence-corrected chi connectivity index (χ2v) is 5.03. The number of benzene rings is 1. The first-order valence-corrected chi connectivity index (χ1v) is 7.34. The lowest BCUT2D eigenvalue weighted by atomic mass is 10.3. The zero-order chi connectivity index (χ0) is 14.7. The summed E-state index contributed by atoms with van der Waals surface area (Å²) in [5, 5.41) is 2.85. The molecule has 0 aliphatic rings. The first-order valence-electron chi connectivity index (χ1n) is 6.52. The molecule has 1 rings (SSSR count). The Labute approximate surface area is 127 Å². The third kappa shape index (κ3) is 8.75. The molecule has 0 saturated carbocycles. The predicted octanol–water partition coefficient (Wildman–Crippen LogP) is 1.87. The standard InChI is InChI=1S/C8H9NOS2.C6H15N/c1-10-7-4-2-6(3-5-7)9-8(11)12;1-4-7(5-2)6-3/h2-5H,1H3,(H2,9,11,12);4-6H2,1-3H3. The van der Waals surface area contributed by atoms with Gasteiger partial charge in [0, 0.05) is 5.69 Å². The van der Waals surface area contributed by atoms with Crippen molar-refractivity contribution in [2.75, 3.05) is 32.1 Å². The second kappa shape index (κ2) is 11.0. The van der Waals surface area contributed by atoms with Gasteiger partial charge in [0.2, 0.25) is 0 Å². The van der Waals surface area contributed by atoms with Crippen molar-refractivity contribution >= 4 is 34.9 Å². The summed E-state index contributed by atoms with van der Waals surface area (Å²) in [5.74, 6) is 0.816. The summed E-state index contributed by atoms with van der Waals surface area (Å²) in [6.45, 7) is 10.5. The number of rotatable bonds is 5. The van der Waals surface area contributed by atoms with E-state index in [1.54, 1.807) is 12.0 Å². The Kier molecular flexibility index (Phi) is 10.4. The largest absolute Gasteiger partial charge is 0.497 e. The summed E-state index contributed by atoms with van der Waals surface area (Å²) in [7, 11) is 1.63. The molecule has 0 unspecified atom stereocenters. The summed E-state index contributed by atoms with van der Waals surface area (Å²) in [6.07, 6.45) is 0. The van der Waals surface area contributed by atoms with Crippen LogP contribution in [0.25, 0.3) is 0 Å². The van der Waals surface area contributed by atoms with E-state index in [2.05, 4.69) is 26.1 Å². The quantitative estimate of drug-likeness (QED) is 0.641. The number of thiocarbonyl (C=S) groups is 1. The van der Waals surface area contributed by atoms with Crippen molar-refractivity contribution in [3.8, 4) is 5.75 Å². The summed E-state index contributed by atoms with van der Waals surface area (Å²) >= 11 is 9.42. The Balaban J connectivity index is 0.000000399. The molecule has 1 aromatic carbocycles. The molecule has 3 nitrogen and oxygen atoms in total. The van der Waals surface area contributed by atoms with Gasteiger partial charge in [-0.25, -0.2) is 0 Å². The molecule has 0 bridgehead atoms. The first kappa shape index (κ1) is 18.1. The lowest BCUT2D eigenvalue weighted by molar-refractivity contribution is -0.894. The summed E-state index contributed by atoms with van der Waals surface area (Å²) in [5.41, 5.74) is 0.885. The van der Waals surface area contributed by atoms with Gasteiger partial charge in [-0.2, -0.15) is 0 Å². The number of nitrogens with one attached hydrogen (secondary N) is 2. The fourth-order valence-corrected chi connectivity index (χ4v) is 1.78. The lowest BCUT2D eigenvalue weighted by Gasteiger charge is -2.10. The SMILES string of the molecule is CC[NH+](CC)CC.COc1ccc(NC(=S)[S-])cc1. The molecular weight excluding hydrogens is 276 g/mol. The number of hydrogen-bond donors (Lipinski definition) is 2. The van der Waals surface area contributed by atoms with Gasteiger partial charge in [-0.05, 0) is 45.0 Å². The summed E-state index contributed by atoms with van der Waals surface area (Å²) < 4.78 is 5.33. The second-order valence-electron chi connectivity index (χ2n) is 3.95. The van der Waals surface area contributed by atoms with Crippen molar-refractivity contribution in [3.63, 3.8) is 0 Å². The maximum atomic E-state index is 4.99. The number of quaternary nitrogens is 1. The number of ether oxygens (including phenoxy) is 1. The van der Waals surface area contributed by atoms with Crippen LogP contribution in [0.3, 0.4) is 0 Å². The Morgan fingerprint density at radius 3 is 1.89 bits per heavy atom. The average Bonchev–Trinajstić information content (AvgIpc) is 2.42. The Bertz CT molecular complexity index is 345. The maximum absolute atomic E-state index is 4.99. The summed E-state index contributed by atoms with van der Waals surface area (Å²) in [4.78, 5) is 1.68. The molecule has 0 fully saturated rings. The van der Waals surface area contributed by atoms with Crippen LogP contribution >= 0.6 is 12.2 Å². The highest BCUT2D eigenvalue weighted by molar-refractivity contribution is 8.00. The maximum Gasteiger partial charge on any atom is 0.119 e. The molecule has 0 amide bonds. The Morgan fingerprint density at radius 1 is 1.16 bits per heavy atom. The molecule has 1 aromatic rings. The third-order valence-corrected chi connectivity index (χ3v) is 3.04. The van der Waals surface area contributed by atoms with E-state index in [9.17, 15) is 0 Å². The highest BCUT2D eigenvalue weighted by Gasteiger charge is 1.93. The minimum atomic E-state index is 0.347. The van der Waals surface area contributed by atoms with Crippen LogP contribution < -0.4 is 15.0 Å². The smallest absolute Gasteiger partial charge is 0.119 e. The minimum Gasteiger partial charge on any atom is -0.497 e. The molecule has 2 N–H and O–H groups in total. The molecule has 0 heterocycles. The van der Waals surface area contributed by atoms with E-state index in [1.807, 2.05) is 24.3 Å². The van der Waals surface area contributed by atoms with Gasteiger partial charge in [0.05, 0.1) is 26.7 Å². The zero-order valence-corrected chi connectivity index (χ0v) is 13.8. The predicted molar refractivity (Wildman–Crippen MR) is 89.2 cm³/mol. The van der Waals surface area contributed by atoms with Crippen LogP contribution in [0.15, 0.2) is 24.3 Å². The fraction of sp³-hybridized carbons (Fsp3) is 0.500. The van der Waals surface area contributed by atoms with Crippen molar-refractivity contribution in [3.05, 3.63) is 24.3 Å². The molecule has 0 radical (unpaired) electrons. The van der Waals surface area contributed by atoms with E-state index in [-0.39, 0.29) is 0 Å². The van der Waals surface area contributed by atoms with Crippen LogP contribution in [-0.2, 0) is 12.6 Å². The van der Waals surface area contributed by atoms with Crippen molar-refractivity contribution in [1.82, 2.24) is 0 Å². The average molecular weight is 300 g/mol. The molecule has 0 aromatic heterocycles. The first-order chi connectivity index (χ1) is 9.07. The molecule has 0 atom stereocenters. The van der Waals surface area contributed by atoms with Crippen LogP contribution in [0.5, 0.6) is 5.75 Å².